The molecule has 3 nitrogen and oxygen atoms in total. The molecule has 1 saturated carbocycles. The fraction of sp³-hybridized carbons (Fsp3) is 0.769. The molecule has 0 bridgehead atoms. The van der Waals surface area contributed by atoms with Gasteiger partial charge in [-0.15, -0.1) is 0 Å². The third-order valence-corrected chi connectivity index (χ3v) is 3.84. The summed E-state index contributed by atoms with van der Waals surface area (Å²) in [7, 11) is 0. The Morgan fingerprint density at radius 2 is 2.19 bits per heavy atom. The summed E-state index contributed by atoms with van der Waals surface area (Å²) in [5.74, 6) is 1.81. The molecule has 1 aromatic heterocycles. The summed E-state index contributed by atoms with van der Waals surface area (Å²) in [5.41, 5.74) is 7.35. The van der Waals surface area contributed by atoms with Gasteiger partial charge in [0.05, 0.1) is 5.69 Å². The molecule has 0 spiro atoms. The molecule has 0 saturated heterocycles. The molecule has 90 valence electrons. The molecule has 0 aliphatic heterocycles. The number of hydrogen-bond acceptors (Lipinski definition) is 2. The molecule has 1 fully saturated rings. The maximum absolute atomic E-state index is 5.79. The van der Waals surface area contributed by atoms with Crippen molar-refractivity contribution in [1.82, 2.24) is 9.78 Å². The summed E-state index contributed by atoms with van der Waals surface area (Å²) in [6.45, 7) is 10.8. The molecule has 2 atom stereocenters. The SMILES string of the molecule is CC(C)Cn1ccc(C2C(CN)C2(C)C)n1. The smallest absolute Gasteiger partial charge is 0.0664 e. The molecule has 0 amide bonds. The van der Waals surface area contributed by atoms with Gasteiger partial charge in [-0.3, -0.25) is 4.68 Å². The van der Waals surface area contributed by atoms with Gasteiger partial charge in [0.1, 0.15) is 0 Å². The Bertz CT molecular complexity index is 365. The minimum atomic E-state index is 0.339. The van der Waals surface area contributed by atoms with Crippen molar-refractivity contribution in [2.24, 2.45) is 23.0 Å². The molecular formula is C13H23N3. The van der Waals surface area contributed by atoms with E-state index in [1.165, 1.54) is 5.69 Å². The van der Waals surface area contributed by atoms with Crippen molar-refractivity contribution in [2.45, 2.75) is 40.2 Å². The zero-order valence-corrected chi connectivity index (χ0v) is 10.8. The first kappa shape index (κ1) is 11.6. The van der Waals surface area contributed by atoms with Crippen LogP contribution in [-0.2, 0) is 6.54 Å². The Morgan fingerprint density at radius 3 is 2.69 bits per heavy atom. The van der Waals surface area contributed by atoms with Crippen molar-refractivity contribution in [3.8, 4) is 0 Å². The van der Waals surface area contributed by atoms with Gasteiger partial charge in [-0.05, 0) is 29.9 Å². The molecule has 0 aromatic carbocycles. The fourth-order valence-electron chi connectivity index (χ4n) is 2.79. The van der Waals surface area contributed by atoms with Gasteiger partial charge in [0, 0.05) is 18.7 Å². The maximum Gasteiger partial charge on any atom is 0.0664 e. The zero-order valence-electron chi connectivity index (χ0n) is 10.8. The van der Waals surface area contributed by atoms with E-state index in [0.717, 1.165) is 13.1 Å². The molecule has 1 heterocycles. The molecule has 1 aliphatic carbocycles. The lowest BCUT2D eigenvalue weighted by Crippen LogP contribution is -2.06. The first-order valence-electron chi connectivity index (χ1n) is 6.20. The summed E-state index contributed by atoms with van der Waals surface area (Å²) < 4.78 is 2.06. The van der Waals surface area contributed by atoms with Crippen LogP contribution < -0.4 is 5.73 Å². The van der Waals surface area contributed by atoms with Crippen LogP contribution in [0.1, 0.15) is 39.3 Å². The normalized spacial score (nSPS) is 27.4. The largest absolute Gasteiger partial charge is 0.330 e. The number of rotatable bonds is 4. The minimum absolute atomic E-state index is 0.339. The van der Waals surface area contributed by atoms with Gasteiger partial charge in [-0.1, -0.05) is 27.7 Å². The van der Waals surface area contributed by atoms with Gasteiger partial charge in [0.2, 0.25) is 0 Å². The first-order valence-corrected chi connectivity index (χ1v) is 6.20. The van der Waals surface area contributed by atoms with Crippen molar-refractivity contribution < 1.29 is 0 Å². The molecule has 2 N–H and O–H groups in total. The van der Waals surface area contributed by atoms with Gasteiger partial charge in [-0.2, -0.15) is 5.10 Å². The Hall–Kier alpha value is -0.830. The molecule has 1 aromatic rings. The third kappa shape index (κ3) is 1.88. The highest BCUT2D eigenvalue weighted by Crippen LogP contribution is 2.63. The van der Waals surface area contributed by atoms with Crippen molar-refractivity contribution in [3.05, 3.63) is 18.0 Å². The molecule has 2 rings (SSSR count). The van der Waals surface area contributed by atoms with E-state index in [1.54, 1.807) is 0 Å². The predicted molar refractivity (Wildman–Crippen MR) is 66.1 cm³/mol. The quantitative estimate of drug-likeness (QED) is 0.847. The van der Waals surface area contributed by atoms with Gasteiger partial charge in [0.15, 0.2) is 0 Å². The van der Waals surface area contributed by atoms with Crippen LogP contribution in [0, 0.1) is 17.3 Å². The maximum atomic E-state index is 5.79. The highest BCUT2D eigenvalue weighted by molar-refractivity contribution is 5.25. The van der Waals surface area contributed by atoms with Crippen LogP contribution in [0.2, 0.25) is 0 Å². The topological polar surface area (TPSA) is 43.8 Å². The monoisotopic (exact) mass is 221 g/mol. The second kappa shape index (κ2) is 3.88. The number of aromatic nitrogens is 2. The van der Waals surface area contributed by atoms with E-state index in [2.05, 4.69) is 49.7 Å². The number of nitrogens with two attached hydrogens (primary N) is 1. The van der Waals surface area contributed by atoms with Gasteiger partial charge in [-0.25, -0.2) is 0 Å². The average molecular weight is 221 g/mol. The van der Waals surface area contributed by atoms with Crippen LogP contribution in [0.4, 0.5) is 0 Å². The minimum Gasteiger partial charge on any atom is -0.330 e. The van der Waals surface area contributed by atoms with E-state index in [-0.39, 0.29) is 0 Å². The Kier molecular flexibility index (Phi) is 2.82. The molecule has 1 aliphatic rings. The van der Waals surface area contributed by atoms with Crippen LogP contribution in [0.25, 0.3) is 0 Å². The molecular weight excluding hydrogens is 198 g/mol. The highest BCUT2D eigenvalue weighted by Gasteiger charge is 2.58. The summed E-state index contributed by atoms with van der Waals surface area (Å²) >= 11 is 0. The Labute approximate surface area is 98.0 Å². The van der Waals surface area contributed by atoms with E-state index < -0.39 is 0 Å². The van der Waals surface area contributed by atoms with Crippen LogP contribution >= 0.6 is 0 Å². The van der Waals surface area contributed by atoms with Gasteiger partial charge < -0.3 is 5.73 Å². The third-order valence-electron chi connectivity index (χ3n) is 3.84. The highest BCUT2D eigenvalue weighted by atomic mass is 15.3. The van der Waals surface area contributed by atoms with Crippen LogP contribution in [0.5, 0.6) is 0 Å². The van der Waals surface area contributed by atoms with E-state index in [1.807, 2.05) is 0 Å². The summed E-state index contributed by atoms with van der Waals surface area (Å²) in [5, 5.41) is 4.67. The molecule has 3 heteroatoms. The van der Waals surface area contributed by atoms with Crippen molar-refractivity contribution in [2.75, 3.05) is 6.54 Å². The van der Waals surface area contributed by atoms with Crippen molar-refractivity contribution >= 4 is 0 Å². The molecule has 0 radical (unpaired) electrons. The molecule has 2 unspecified atom stereocenters. The average Bonchev–Trinajstić information content (AvgIpc) is 2.55. The van der Waals surface area contributed by atoms with Crippen LogP contribution in [0.15, 0.2) is 12.3 Å². The lowest BCUT2D eigenvalue weighted by Gasteiger charge is -2.04. The van der Waals surface area contributed by atoms with E-state index >= 15 is 0 Å². The Morgan fingerprint density at radius 1 is 1.50 bits per heavy atom. The van der Waals surface area contributed by atoms with Crippen LogP contribution in [0.3, 0.4) is 0 Å². The van der Waals surface area contributed by atoms with E-state index in [0.29, 0.717) is 23.2 Å². The predicted octanol–water partition coefficient (Wildman–Crippen LogP) is 2.24. The zero-order chi connectivity index (χ0) is 11.9. The van der Waals surface area contributed by atoms with E-state index in [4.69, 9.17) is 5.73 Å². The second-order valence-electron chi connectivity index (χ2n) is 6.00. The number of hydrogen-bond donors (Lipinski definition) is 1. The first-order chi connectivity index (χ1) is 7.46. The standard InChI is InChI=1S/C13H23N3/c1-9(2)8-16-6-5-11(15-16)12-10(7-14)13(12,3)4/h5-6,9-10,12H,7-8,14H2,1-4H3. The van der Waals surface area contributed by atoms with Gasteiger partial charge in [0.25, 0.3) is 0 Å². The lowest BCUT2D eigenvalue weighted by atomic mass is 10.1. The van der Waals surface area contributed by atoms with E-state index in [9.17, 15) is 0 Å². The second-order valence-corrected chi connectivity index (χ2v) is 6.00. The van der Waals surface area contributed by atoms with Crippen LogP contribution in [-0.4, -0.2) is 16.3 Å². The lowest BCUT2D eigenvalue weighted by molar-refractivity contribution is 0.477. The number of nitrogens with zero attached hydrogens (tertiary/aromatic N) is 2. The fourth-order valence-corrected chi connectivity index (χ4v) is 2.79. The molecule has 16 heavy (non-hydrogen) atoms. The summed E-state index contributed by atoms with van der Waals surface area (Å²) in [6.07, 6.45) is 2.09. The van der Waals surface area contributed by atoms with Crippen molar-refractivity contribution in [1.29, 1.82) is 0 Å². The summed E-state index contributed by atoms with van der Waals surface area (Å²) in [6, 6.07) is 2.16. The van der Waals surface area contributed by atoms with Gasteiger partial charge >= 0.3 is 0 Å². The van der Waals surface area contributed by atoms with Crippen molar-refractivity contribution in [3.63, 3.8) is 0 Å². The summed E-state index contributed by atoms with van der Waals surface area (Å²) in [4.78, 5) is 0. The Balaban J connectivity index is 2.09.